The van der Waals surface area contributed by atoms with E-state index >= 15 is 0 Å². The Morgan fingerprint density at radius 2 is 1.81 bits per heavy atom. The zero-order valence-electron chi connectivity index (χ0n) is 8.97. The molecule has 2 N–H and O–H groups in total. The molecule has 0 aliphatic rings. The van der Waals surface area contributed by atoms with Crippen molar-refractivity contribution in [1.29, 1.82) is 0 Å². The summed E-state index contributed by atoms with van der Waals surface area (Å²) in [6.07, 6.45) is 0.628. The number of rotatable bonds is 6. The molecule has 88 valence electrons. The Labute approximate surface area is 97.5 Å². The van der Waals surface area contributed by atoms with Gasteiger partial charge in [0.1, 0.15) is 0 Å². The highest BCUT2D eigenvalue weighted by Crippen LogP contribution is 2.30. The monoisotopic (exact) mass is 242 g/mol. The van der Waals surface area contributed by atoms with Crippen molar-refractivity contribution >= 4 is 23.3 Å². The first-order valence-corrected chi connectivity index (χ1v) is 5.86. The van der Waals surface area contributed by atoms with Crippen molar-refractivity contribution < 1.29 is 19.8 Å². The predicted octanol–water partition coefficient (Wildman–Crippen LogP) is 2.34. The van der Waals surface area contributed by atoms with E-state index < -0.39 is 17.9 Å². The van der Waals surface area contributed by atoms with E-state index in [4.69, 9.17) is 10.2 Å². The molecule has 1 heterocycles. The van der Waals surface area contributed by atoms with Gasteiger partial charge >= 0.3 is 11.9 Å². The van der Waals surface area contributed by atoms with E-state index in [-0.39, 0.29) is 12.8 Å². The van der Waals surface area contributed by atoms with E-state index in [2.05, 4.69) is 0 Å². The number of carboxylic acid groups (broad SMARTS) is 2. The largest absolute Gasteiger partial charge is 0.481 e. The van der Waals surface area contributed by atoms with Gasteiger partial charge in [0.05, 0.1) is 12.8 Å². The molecule has 0 unspecified atom stereocenters. The standard InChI is InChI=1S/C11H14O4S/c1-2-8-3-4-9(16-8)7(5-10(12)13)6-11(14)15/h3-4,7H,2,5-6H2,1H3,(H,12,13)(H,14,15). The van der Waals surface area contributed by atoms with Crippen molar-refractivity contribution in [2.75, 3.05) is 0 Å². The van der Waals surface area contributed by atoms with Gasteiger partial charge < -0.3 is 10.2 Å². The lowest BCUT2D eigenvalue weighted by Crippen LogP contribution is -2.10. The van der Waals surface area contributed by atoms with Crippen LogP contribution in [-0.4, -0.2) is 22.2 Å². The zero-order valence-corrected chi connectivity index (χ0v) is 9.79. The van der Waals surface area contributed by atoms with Crippen LogP contribution in [0.25, 0.3) is 0 Å². The minimum absolute atomic E-state index is 0.129. The third kappa shape index (κ3) is 3.66. The molecule has 1 aromatic heterocycles. The molecule has 0 saturated carbocycles. The summed E-state index contributed by atoms with van der Waals surface area (Å²) >= 11 is 1.50. The smallest absolute Gasteiger partial charge is 0.304 e. The van der Waals surface area contributed by atoms with E-state index in [0.29, 0.717) is 0 Å². The Kier molecular flexibility index (Phi) is 4.49. The minimum atomic E-state index is -0.960. The Bertz CT molecular complexity index is 367. The van der Waals surface area contributed by atoms with Gasteiger partial charge in [0.25, 0.3) is 0 Å². The number of aryl methyl sites for hydroxylation is 1. The summed E-state index contributed by atoms with van der Waals surface area (Å²) in [7, 11) is 0. The number of hydrogen-bond donors (Lipinski definition) is 2. The van der Waals surface area contributed by atoms with Gasteiger partial charge in [-0.05, 0) is 18.6 Å². The molecule has 0 atom stereocenters. The number of thiophene rings is 1. The van der Waals surface area contributed by atoms with Gasteiger partial charge in [-0.1, -0.05) is 6.92 Å². The maximum Gasteiger partial charge on any atom is 0.304 e. The van der Waals surface area contributed by atoms with Crippen molar-refractivity contribution in [3.05, 3.63) is 21.9 Å². The highest BCUT2D eigenvalue weighted by molar-refractivity contribution is 7.12. The molecule has 1 aromatic rings. The Morgan fingerprint density at radius 1 is 1.25 bits per heavy atom. The third-order valence-corrected chi connectivity index (χ3v) is 3.67. The first-order valence-electron chi connectivity index (χ1n) is 5.05. The van der Waals surface area contributed by atoms with Crippen molar-refractivity contribution in [1.82, 2.24) is 0 Å². The molecule has 0 bridgehead atoms. The number of carboxylic acids is 2. The molecule has 1 rings (SSSR count). The van der Waals surface area contributed by atoms with E-state index in [1.165, 1.54) is 11.3 Å². The van der Waals surface area contributed by atoms with E-state index in [1.54, 1.807) is 0 Å². The summed E-state index contributed by atoms with van der Waals surface area (Å²) in [5.41, 5.74) is 0. The van der Waals surface area contributed by atoms with Crippen molar-refractivity contribution in [2.45, 2.75) is 32.1 Å². The number of carbonyl (C=O) groups is 2. The van der Waals surface area contributed by atoms with Crippen LogP contribution in [0.3, 0.4) is 0 Å². The lowest BCUT2D eigenvalue weighted by Gasteiger charge is -2.09. The van der Waals surface area contributed by atoms with Gasteiger partial charge in [0, 0.05) is 15.7 Å². The molecule has 0 spiro atoms. The second-order valence-electron chi connectivity index (χ2n) is 3.55. The van der Waals surface area contributed by atoms with E-state index in [1.807, 2.05) is 19.1 Å². The molecule has 0 radical (unpaired) electrons. The van der Waals surface area contributed by atoms with Crippen LogP contribution < -0.4 is 0 Å². The van der Waals surface area contributed by atoms with Crippen LogP contribution in [0.1, 0.15) is 35.4 Å². The first-order chi connectivity index (χ1) is 7.52. The van der Waals surface area contributed by atoms with E-state index in [0.717, 1.165) is 16.2 Å². The lowest BCUT2D eigenvalue weighted by molar-refractivity contribution is -0.139. The fourth-order valence-corrected chi connectivity index (χ4v) is 2.55. The van der Waals surface area contributed by atoms with Gasteiger partial charge in [-0.3, -0.25) is 9.59 Å². The van der Waals surface area contributed by atoms with Gasteiger partial charge in [-0.25, -0.2) is 0 Å². The SMILES string of the molecule is CCc1ccc(C(CC(=O)O)CC(=O)O)s1. The number of aliphatic carboxylic acids is 2. The van der Waals surface area contributed by atoms with Crippen molar-refractivity contribution in [2.24, 2.45) is 0 Å². The first kappa shape index (κ1) is 12.7. The lowest BCUT2D eigenvalue weighted by atomic mass is 10.00. The summed E-state index contributed by atoms with van der Waals surface area (Å²) in [4.78, 5) is 23.3. The molecule has 0 saturated heterocycles. The molecule has 4 nitrogen and oxygen atoms in total. The summed E-state index contributed by atoms with van der Waals surface area (Å²) in [5.74, 6) is -2.34. The van der Waals surface area contributed by atoms with Crippen LogP contribution in [0, 0.1) is 0 Å². The zero-order chi connectivity index (χ0) is 12.1. The van der Waals surface area contributed by atoms with Gasteiger partial charge in [-0.2, -0.15) is 0 Å². The van der Waals surface area contributed by atoms with Crippen LogP contribution in [0.15, 0.2) is 12.1 Å². The second kappa shape index (κ2) is 5.65. The quantitative estimate of drug-likeness (QED) is 0.803. The molecule has 0 fully saturated rings. The van der Waals surface area contributed by atoms with Crippen LogP contribution in [-0.2, 0) is 16.0 Å². The summed E-state index contributed by atoms with van der Waals surface area (Å²) in [5, 5.41) is 17.5. The summed E-state index contributed by atoms with van der Waals surface area (Å²) in [6, 6.07) is 3.76. The van der Waals surface area contributed by atoms with E-state index in [9.17, 15) is 9.59 Å². The molecule has 0 aliphatic carbocycles. The second-order valence-corrected chi connectivity index (χ2v) is 4.75. The number of hydrogen-bond acceptors (Lipinski definition) is 3. The van der Waals surface area contributed by atoms with Gasteiger partial charge in [0.2, 0.25) is 0 Å². The maximum atomic E-state index is 10.7. The fraction of sp³-hybridized carbons (Fsp3) is 0.455. The van der Waals surface area contributed by atoms with Crippen LogP contribution >= 0.6 is 11.3 Å². The molecule has 5 heteroatoms. The average Bonchev–Trinajstić information content (AvgIpc) is 2.63. The van der Waals surface area contributed by atoms with Crippen LogP contribution in [0.4, 0.5) is 0 Å². The molecule has 0 aromatic carbocycles. The molecule has 16 heavy (non-hydrogen) atoms. The molecule has 0 aliphatic heterocycles. The molecular formula is C11H14O4S. The van der Waals surface area contributed by atoms with Gasteiger partial charge in [-0.15, -0.1) is 11.3 Å². The normalized spacial score (nSPS) is 10.6. The van der Waals surface area contributed by atoms with Crippen molar-refractivity contribution in [3.8, 4) is 0 Å². The Morgan fingerprint density at radius 3 is 2.19 bits per heavy atom. The molecule has 0 amide bonds. The highest BCUT2D eigenvalue weighted by Gasteiger charge is 2.20. The average molecular weight is 242 g/mol. The van der Waals surface area contributed by atoms with Crippen LogP contribution in [0.2, 0.25) is 0 Å². The summed E-state index contributed by atoms with van der Waals surface area (Å²) in [6.45, 7) is 2.01. The maximum absolute atomic E-state index is 10.7. The highest BCUT2D eigenvalue weighted by atomic mass is 32.1. The Hall–Kier alpha value is -1.36. The molecular weight excluding hydrogens is 228 g/mol. The summed E-state index contributed by atoms with van der Waals surface area (Å²) < 4.78 is 0. The predicted molar refractivity (Wildman–Crippen MR) is 60.9 cm³/mol. The van der Waals surface area contributed by atoms with Gasteiger partial charge in [0.15, 0.2) is 0 Å². The third-order valence-electron chi connectivity index (χ3n) is 2.28. The minimum Gasteiger partial charge on any atom is -0.481 e. The fourth-order valence-electron chi connectivity index (χ4n) is 1.50. The van der Waals surface area contributed by atoms with Crippen molar-refractivity contribution in [3.63, 3.8) is 0 Å². The van der Waals surface area contributed by atoms with Crippen LogP contribution in [0.5, 0.6) is 0 Å². The topological polar surface area (TPSA) is 74.6 Å². The Balaban J connectivity index is 2.82.